The Morgan fingerprint density at radius 2 is 1.83 bits per heavy atom. The van der Waals surface area contributed by atoms with Crippen molar-refractivity contribution in [3.63, 3.8) is 0 Å². The summed E-state index contributed by atoms with van der Waals surface area (Å²) in [4.78, 5) is 43.3. The first-order valence-corrected chi connectivity index (χ1v) is 15.0. The zero-order valence-corrected chi connectivity index (χ0v) is 26.5. The maximum absolute atomic E-state index is 13.1. The molecule has 0 radical (unpaired) electrons. The lowest BCUT2D eigenvalue weighted by molar-refractivity contribution is -0.0281. The van der Waals surface area contributed by atoms with Gasteiger partial charge in [-0.1, -0.05) is 41.9 Å². The predicted octanol–water partition coefficient (Wildman–Crippen LogP) is 3.10. The highest BCUT2D eigenvalue weighted by atomic mass is 35.5. The molecule has 1 fully saturated rings. The quantitative estimate of drug-likeness (QED) is 0.228. The van der Waals surface area contributed by atoms with Gasteiger partial charge in [-0.25, -0.2) is 19.7 Å². The number of hydrogen-bond acceptors (Lipinski definition) is 11. The molecule has 1 saturated heterocycles. The van der Waals surface area contributed by atoms with Crippen LogP contribution in [0.25, 0.3) is 33.4 Å². The van der Waals surface area contributed by atoms with E-state index in [-0.39, 0.29) is 22.9 Å². The van der Waals surface area contributed by atoms with Crippen molar-refractivity contribution in [1.29, 1.82) is 0 Å². The van der Waals surface area contributed by atoms with E-state index in [0.717, 1.165) is 21.3 Å². The van der Waals surface area contributed by atoms with Crippen LogP contribution in [0, 0.1) is 6.92 Å². The second-order valence-electron chi connectivity index (χ2n) is 11.0. The van der Waals surface area contributed by atoms with Gasteiger partial charge in [0, 0.05) is 50.1 Å². The Bertz CT molecular complexity index is 2060. The van der Waals surface area contributed by atoms with E-state index >= 15 is 0 Å². The number of aliphatic hydroxyl groups excluding tert-OH is 1. The SMILES string of the molecule is COc1nc(-c2cccc(-c3cccc(Nc4ncnc5c4c(=O)n(C)c(=O)n5C)c3C)c2Cl)cnc1CN[C@@H]1CCOC[C@H]1O. The number of aliphatic hydroxyl groups is 1. The fraction of sp³-hybridized carbons (Fsp3) is 0.312. The molecule has 13 nitrogen and oxygen atoms in total. The summed E-state index contributed by atoms with van der Waals surface area (Å²) in [5.74, 6) is 0.640. The zero-order chi connectivity index (χ0) is 32.5. The van der Waals surface area contributed by atoms with Gasteiger partial charge in [0.2, 0.25) is 5.88 Å². The minimum atomic E-state index is -0.589. The molecule has 2 aromatic carbocycles. The van der Waals surface area contributed by atoms with E-state index in [1.54, 1.807) is 13.2 Å². The first-order chi connectivity index (χ1) is 22.2. The first-order valence-electron chi connectivity index (χ1n) is 14.6. The first kappa shape index (κ1) is 31.3. The standard InChI is InChI=1S/C32H33ClN8O5/c1-17-18(7-6-10-21(17)38-28-26-29(37-16-36-28)40(2)32(44)41(3)31(26)43)19-8-5-9-20(27(19)33)23-13-35-24(30(39-23)45-4)14-34-22-11-12-46-15-25(22)42/h5-10,13,16,22,25,34,42H,11-12,14-15H2,1-4H3,(H,36,37,38)/t22-,25-/m1/s1. The maximum Gasteiger partial charge on any atom is 0.332 e. The molecule has 3 aromatic heterocycles. The van der Waals surface area contributed by atoms with Crippen LogP contribution in [0.1, 0.15) is 17.7 Å². The van der Waals surface area contributed by atoms with Crippen molar-refractivity contribution < 1.29 is 14.6 Å². The Hall–Kier alpha value is -4.69. The summed E-state index contributed by atoms with van der Waals surface area (Å²) in [6, 6.07) is 11.3. The van der Waals surface area contributed by atoms with Crippen molar-refractivity contribution in [1.82, 2.24) is 34.4 Å². The largest absolute Gasteiger partial charge is 0.480 e. The molecule has 0 amide bonds. The van der Waals surface area contributed by atoms with E-state index < -0.39 is 17.4 Å². The number of aryl methyl sites for hydroxylation is 1. The molecule has 2 atom stereocenters. The molecule has 0 saturated carbocycles. The number of ether oxygens (including phenoxy) is 2. The molecule has 5 aromatic rings. The van der Waals surface area contributed by atoms with Gasteiger partial charge in [0.15, 0.2) is 5.65 Å². The number of nitrogens with one attached hydrogen (secondary N) is 2. The number of hydrogen-bond donors (Lipinski definition) is 3. The smallest absolute Gasteiger partial charge is 0.332 e. The number of benzene rings is 2. The van der Waals surface area contributed by atoms with Crippen LogP contribution in [0.5, 0.6) is 5.88 Å². The van der Waals surface area contributed by atoms with Gasteiger partial charge < -0.3 is 25.2 Å². The zero-order valence-electron chi connectivity index (χ0n) is 25.7. The average Bonchev–Trinajstić information content (AvgIpc) is 3.07. The van der Waals surface area contributed by atoms with Crippen LogP contribution < -0.4 is 26.6 Å². The Balaban J connectivity index is 1.32. The van der Waals surface area contributed by atoms with Crippen LogP contribution in [0.2, 0.25) is 5.02 Å². The van der Waals surface area contributed by atoms with Gasteiger partial charge in [0.25, 0.3) is 5.56 Å². The molecular formula is C32H33ClN8O5. The van der Waals surface area contributed by atoms with Crippen molar-refractivity contribution >= 4 is 34.1 Å². The number of methoxy groups -OCH3 is 1. The Labute approximate surface area is 268 Å². The van der Waals surface area contributed by atoms with Crippen LogP contribution in [0.15, 0.2) is 58.5 Å². The van der Waals surface area contributed by atoms with Crippen LogP contribution in [0.4, 0.5) is 11.5 Å². The highest BCUT2D eigenvalue weighted by Gasteiger charge is 2.24. The molecule has 3 N–H and O–H groups in total. The third kappa shape index (κ3) is 5.73. The lowest BCUT2D eigenvalue weighted by Gasteiger charge is -2.28. The summed E-state index contributed by atoms with van der Waals surface area (Å²) in [5, 5.41) is 17.5. The summed E-state index contributed by atoms with van der Waals surface area (Å²) in [6.45, 7) is 3.20. The second-order valence-corrected chi connectivity index (χ2v) is 11.4. The lowest BCUT2D eigenvalue weighted by atomic mass is 9.96. The highest BCUT2D eigenvalue weighted by Crippen LogP contribution is 2.39. The number of halogens is 1. The minimum absolute atomic E-state index is 0.105. The summed E-state index contributed by atoms with van der Waals surface area (Å²) >= 11 is 7.05. The molecule has 14 heteroatoms. The van der Waals surface area contributed by atoms with Gasteiger partial charge in [-0.15, -0.1) is 0 Å². The Kier molecular flexibility index (Phi) is 8.82. The van der Waals surface area contributed by atoms with Crippen LogP contribution in [-0.2, 0) is 25.4 Å². The fourth-order valence-corrected chi connectivity index (χ4v) is 5.95. The number of rotatable bonds is 8. The summed E-state index contributed by atoms with van der Waals surface area (Å²) < 4.78 is 13.2. The number of nitrogens with zero attached hydrogens (tertiary/aromatic N) is 6. The van der Waals surface area contributed by atoms with Crippen molar-refractivity contribution in [2.45, 2.75) is 32.0 Å². The molecule has 238 valence electrons. The third-order valence-electron chi connectivity index (χ3n) is 8.25. The van der Waals surface area contributed by atoms with Gasteiger partial charge in [-0.05, 0) is 30.5 Å². The van der Waals surface area contributed by atoms with E-state index in [4.69, 9.17) is 26.1 Å². The van der Waals surface area contributed by atoms with E-state index in [1.807, 2.05) is 43.3 Å². The predicted molar refractivity (Wildman–Crippen MR) is 175 cm³/mol. The number of aromatic nitrogens is 6. The number of fused-ring (bicyclic) bond motifs is 1. The van der Waals surface area contributed by atoms with Gasteiger partial charge in [0.05, 0.1) is 36.7 Å². The molecule has 46 heavy (non-hydrogen) atoms. The van der Waals surface area contributed by atoms with Crippen molar-refractivity contribution in [2.24, 2.45) is 14.1 Å². The van der Waals surface area contributed by atoms with Gasteiger partial charge in [-0.2, -0.15) is 0 Å². The normalized spacial score (nSPS) is 16.5. The lowest BCUT2D eigenvalue weighted by Crippen LogP contribution is -2.46. The number of anilines is 2. The van der Waals surface area contributed by atoms with E-state index in [9.17, 15) is 14.7 Å². The molecule has 1 aliphatic rings. The molecule has 6 rings (SSSR count). The molecule has 0 unspecified atom stereocenters. The van der Waals surface area contributed by atoms with Gasteiger partial charge in [0.1, 0.15) is 23.2 Å². The average molecular weight is 645 g/mol. The van der Waals surface area contributed by atoms with E-state index in [0.29, 0.717) is 59.7 Å². The fourth-order valence-electron chi connectivity index (χ4n) is 5.62. The van der Waals surface area contributed by atoms with Crippen LogP contribution in [0.3, 0.4) is 0 Å². The van der Waals surface area contributed by atoms with Crippen molar-refractivity contribution in [2.75, 3.05) is 25.6 Å². The van der Waals surface area contributed by atoms with Crippen molar-refractivity contribution in [3.05, 3.63) is 86.0 Å². The molecule has 1 aliphatic heterocycles. The molecule has 0 spiro atoms. The molecule has 0 bridgehead atoms. The van der Waals surface area contributed by atoms with Crippen molar-refractivity contribution in [3.8, 4) is 28.3 Å². The Morgan fingerprint density at radius 1 is 1.07 bits per heavy atom. The van der Waals surface area contributed by atoms with Gasteiger partial charge >= 0.3 is 5.69 Å². The second kappa shape index (κ2) is 13.0. The maximum atomic E-state index is 13.1. The minimum Gasteiger partial charge on any atom is -0.480 e. The summed E-state index contributed by atoms with van der Waals surface area (Å²) in [6.07, 6.45) is 3.08. The molecule has 0 aliphatic carbocycles. The van der Waals surface area contributed by atoms with E-state index in [2.05, 4.69) is 25.6 Å². The molecular weight excluding hydrogens is 612 g/mol. The highest BCUT2D eigenvalue weighted by molar-refractivity contribution is 6.36. The van der Waals surface area contributed by atoms with Crippen LogP contribution >= 0.6 is 11.6 Å². The monoisotopic (exact) mass is 644 g/mol. The van der Waals surface area contributed by atoms with E-state index in [1.165, 1.54) is 25.1 Å². The topological polar surface area (TPSA) is 158 Å². The molecule has 4 heterocycles. The van der Waals surface area contributed by atoms with Gasteiger partial charge in [-0.3, -0.25) is 18.9 Å². The third-order valence-corrected chi connectivity index (χ3v) is 8.66. The Morgan fingerprint density at radius 3 is 2.61 bits per heavy atom. The van der Waals surface area contributed by atoms with Crippen LogP contribution in [-0.4, -0.2) is 66.6 Å². The summed E-state index contributed by atoms with van der Waals surface area (Å²) in [7, 11) is 4.52. The summed E-state index contributed by atoms with van der Waals surface area (Å²) in [5.41, 5.74) is 4.26.